The van der Waals surface area contributed by atoms with Crippen molar-refractivity contribution in [3.05, 3.63) is 64.7 Å². The molecule has 0 bridgehead atoms. The molecule has 3 rings (SSSR count). The van der Waals surface area contributed by atoms with Gasteiger partial charge in [-0.3, -0.25) is 9.91 Å². The third kappa shape index (κ3) is 4.36. The molecule has 0 spiro atoms. The molecule has 0 aliphatic carbocycles. The van der Waals surface area contributed by atoms with Gasteiger partial charge < -0.3 is 5.11 Å². The van der Waals surface area contributed by atoms with Crippen LogP contribution in [0.4, 0.5) is 0 Å². The summed E-state index contributed by atoms with van der Waals surface area (Å²) in [6, 6.07) is 13.9. The number of rotatable bonds is 4. The fraction of sp³-hybridized carbons (Fsp3) is 0.350. The predicted octanol–water partition coefficient (Wildman–Crippen LogP) is 3.16. The van der Waals surface area contributed by atoms with Gasteiger partial charge in [0.1, 0.15) is 5.75 Å². The molecule has 0 radical (unpaired) electrons. The number of aryl methyl sites for hydroxylation is 2. The van der Waals surface area contributed by atoms with Crippen LogP contribution in [0, 0.1) is 13.8 Å². The molecule has 1 aliphatic rings. The molecule has 126 valence electrons. The molecular formula is C20H25N3O. The monoisotopic (exact) mass is 323 g/mol. The fourth-order valence-corrected chi connectivity index (χ4v) is 3.03. The molecule has 2 aromatic rings. The van der Waals surface area contributed by atoms with Crippen molar-refractivity contribution in [2.75, 3.05) is 26.2 Å². The molecule has 2 aromatic carbocycles. The van der Waals surface area contributed by atoms with Crippen molar-refractivity contribution in [3.8, 4) is 5.75 Å². The highest BCUT2D eigenvalue weighted by molar-refractivity contribution is 5.79. The highest BCUT2D eigenvalue weighted by Gasteiger charge is 2.16. The lowest BCUT2D eigenvalue weighted by molar-refractivity contribution is 0.131. The van der Waals surface area contributed by atoms with Crippen LogP contribution >= 0.6 is 0 Å². The summed E-state index contributed by atoms with van der Waals surface area (Å²) in [5.41, 5.74) is 5.03. The van der Waals surface area contributed by atoms with Crippen LogP contribution in [0.15, 0.2) is 47.6 Å². The largest absolute Gasteiger partial charge is 0.508 e. The zero-order chi connectivity index (χ0) is 16.9. The normalized spacial score (nSPS) is 16.0. The van der Waals surface area contributed by atoms with Gasteiger partial charge in [0, 0.05) is 32.7 Å². The third-order valence-corrected chi connectivity index (χ3v) is 4.48. The van der Waals surface area contributed by atoms with E-state index in [1.54, 1.807) is 12.1 Å². The first-order chi connectivity index (χ1) is 11.6. The minimum Gasteiger partial charge on any atom is -0.508 e. The maximum absolute atomic E-state index is 9.48. The molecule has 4 nitrogen and oxygen atoms in total. The third-order valence-electron chi connectivity index (χ3n) is 4.48. The number of hydrogen-bond donors (Lipinski definition) is 1. The van der Waals surface area contributed by atoms with Gasteiger partial charge in [-0.15, -0.1) is 0 Å². The van der Waals surface area contributed by atoms with Gasteiger partial charge in [0.05, 0.1) is 6.21 Å². The molecule has 24 heavy (non-hydrogen) atoms. The van der Waals surface area contributed by atoms with Gasteiger partial charge in [-0.2, -0.15) is 5.10 Å². The number of hydrogen-bond acceptors (Lipinski definition) is 4. The van der Waals surface area contributed by atoms with E-state index in [9.17, 15) is 5.11 Å². The summed E-state index contributed by atoms with van der Waals surface area (Å²) in [5.74, 6) is 0.275. The Morgan fingerprint density at radius 2 is 1.83 bits per heavy atom. The molecule has 0 saturated carbocycles. The standard InChI is InChI=1S/C20H25N3O/c1-16-6-7-19(17(2)12-16)15-22-8-10-23(11-9-22)21-14-18-4-3-5-20(24)13-18/h3-7,12-14,24H,8-11,15H2,1-2H3. The van der Waals surface area contributed by atoms with Crippen LogP contribution in [0.3, 0.4) is 0 Å². The van der Waals surface area contributed by atoms with Crippen LogP contribution in [0.5, 0.6) is 5.75 Å². The van der Waals surface area contributed by atoms with E-state index in [4.69, 9.17) is 0 Å². The highest BCUT2D eigenvalue weighted by atomic mass is 16.3. The first kappa shape index (κ1) is 16.5. The average molecular weight is 323 g/mol. The Bertz CT molecular complexity index is 719. The van der Waals surface area contributed by atoms with Crippen LogP contribution < -0.4 is 0 Å². The Hall–Kier alpha value is -2.33. The Morgan fingerprint density at radius 3 is 2.54 bits per heavy atom. The molecule has 0 unspecified atom stereocenters. The van der Waals surface area contributed by atoms with E-state index in [0.717, 1.165) is 38.3 Å². The van der Waals surface area contributed by atoms with Crippen LogP contribution in [0.2, 0.25) is 0 Å². The summed E-state index contributed by atoms with van der Waals surface area (Å²) < 4.78 is 0. The second-order valence-electron chi connectivity index (χ2n) is 6.50. The molecular weight excluding hydrogens is 298 g/mol. The number of phenolic OH excluding ortho intramolecular Hbond substituents is 1. The lowest BCUT2D eigenvalue weighted by Crippen LogP contribution is -2.43. The van der Waals surface area contributed by atoms with Crippen molar-refractivity contribution < 1.29 is 5.11 Å². The summed E-state index contributed by atoms with van der Waals surface area (Å²) in [6.07, 6.45) is 1.82. The smallest absolute Gasteiger partial charge is 0.116 e. The predicted molar refractivity (Wildman–Crippen MR) is 98.5 cm³/mol. The topological polar surface area (TPSA) is 39.1 Å². The Balaban J connectivity index is 1.52. The lowest BCUT2D eigenvalue weighted by atomic mass is 10.1. The summed E-state index contributed by atoms with van der Waals surface area (Å²) in [4.78, 5) is 2.48. The summed E-state index contributed by atoms with van der Waals surface area (Å²) in [5, 5.41) is 16.1. The van der Waals surface area contributed by atoms with Crippen molar-refractivity contribution >= 4 is 6.21 Å². The number of phenols is 1. The molecule has 1 N–H and O–H groups in total. The van der Waals surface area contributed by atoms with E-state index in [2.05, 4.69) is 47.1 Å². The van der Waals surface area contributed by atoms with E-state index in [1.165, 1.54) is 16.7 Å². The number of aromatic hydroxyl groups is 1. The fourth-order valence-electron chi connectivity index (χ4n) is 3.03. The van der Waals surface area contributed by atoms with Gasteiger partial charge >= 0.3 is 0 Å². The van der Waals surface area contributed by atoms with Crippen molar-refractivity contribution in [1.82, 2.24) is 9.91 Å². The van der Waals surface area contributed by atoms with Crippen LogP contribution in [0.1, 0.15) is 22.3 Å². The second-order valence-corrected chi connectivity index (χ2v) is 6.50. The van der Waals surface area contributed by atoms with Gasteiger partial charge in [-0.1, -0.05) is 35.9 Å². The molecule has 0 aromatic heterocycles. The van der Waals surface area contributed by atoms with Gasteiger partial charge in [0.25, 0.3) is 0 Å². The second kappa shape index (κ2) is 7.49. The number of hydrazone groups is 1. The number of piperazine rings is 1. The quantitative estimate of drug-likeness (QED) is 0.879. The van der Waals surface area contributed by atoms with Crippen molar-refractivity contribution in [2.45, 2.75) is 20.4 Å². The highest BCUT2D eigenvalue weighted by Crippen LogP contribution is 2.15. The van der Waals surface area contributed by atoms with Crippen LogP contribution in [-0.4, -0.2) is 47.4 Å². The average Bonchev–Trinajstić information content (AvgIpc) is 2.57. The van der Waals surface area contributed by atoms with E-state index >= 15 is 0 Å². The van der Waals surface area contributed by atoms with Gasteiger partial charge in [0.15, 0.2) is 0 Å². The van der Waals surface area contributed by atoms with E-state index in [1.807, 2.05) is 18.3 Å². The molecule has 1 saturated heterocycles. The molecule has 1 heterocycles. The zero-order valence-corrected chi connectivity index (χ0v) is 14.4. The van der Waals surface area contributed by atoms with Gasteiger partial charge in [-0.25, -0.2) is 0 Å². The molecule has 0 atom stereocenters. The molecule has 1 fully saturated rings. The van der Waals surface area contributed by atoms with Crippen molar-refractivity contribution in [3.63, 3.8) is 0 Å². The van der Waals surface area contributed by atoms with Crippen molar-refractivity contribution in [2.24, 2.45) is 5.10 Å². The minimum absolute atomic E-state index is 0.275. The SMILES string of the molecule is Cc1ccc(CN2CCN(N=Cc3cccc(O)c3)CC2)c(C)c1. The van der Waals surface area contributed by atoms with Crippen LogP contribution in [0.25, 0.3) is 0 Å². The minimum atomic E-state index is 0.275. The van der Waals surface area contributed by atoms with Crippen LogP contribution in [-0.2, 0) is 6.54 Å². The summed E-state index contributed by atoms with van der Waals surface area (Å²) >= 11 is 0. The zero-order valence-electron chi connectivity index (χ0n) is 14.4. The molecule has 1 aliphatic heterocycles. The number of nitrogens with zero attached hydrogens (tertiary/aromatic N) is 3. The first-order valence-corrected chi connectivity index (χ1v) is 8.46. The first-order valence-electron chi connectivity index (χ1n) is 8.46. The van der Waals surface area contributed by atoms with Gasteiger partial charge in [0.2, 0.25) is 0 Å². The summed E-state index contributed by atoms with van der Waals surface area (Å²) in [6.45, 7) is 9.24. The van der Waals surface area contributed by atoms with E-state index < -0.39 is 0 Å². The Morgan fingerprint density at radius 1 is 1.04 bits per heavy atom. The number of benzene rings is 2. The molecule has 0 amide bonds. The maximum atomic E-state index is 9.48. The summed E-state index contributed by atoms with van der Waals surface area (Å²) in [7, 11) is 0. The van der Waals surface area contributed by atoms with Gasteiger partial charge in [-0.05, 0) is 42.7 Å². The Kier molecular flexibility index (Phi) is 5.16. The van der Waals surface area contributed by atoms with E-state index in [-0.39, 0.29) is 5.75 Å². The lowest BCUT2D eigenvalue weighted by Gasteiger charge is -2.33. The maximum Gasteiger partial charge on any atom is 0.116 e. The van der Waals surface area contributed by atoms with Crippen molar-refractivity contribution in [1.29, 1.82) is 0 Å². The Labute approximate surface area is 144 Å². The van der Waals surface area contributed by atoms with E-state index in [0.29, 0.717) is 0 Å². The molecule has 4 heteroatoms.